The zero-order chi connectivity index (χ0) is 38.8. The number of anilines is 1. The van der Waals surface area contributed by atoms with Crippen LogP contribution >= 0.6 is 0 Å². The number of aryl methyl sites for hydroxylation is 1. The van der Waals surface area contributed by atoms with Gasteiger partial charge in [0.15, 0.2) is 5.82 Å². The molecule has 286 valence electrons. The van der Waals surface area contributed by atoms with Crippen molar-refractivity contribution in [2.45, 2.75) is 116 Å². The molecule has 1 saturated heterocycles. The summed E-state index contributed by atoms with van der Waals surface area (Å²) < 4.78 is 31.2. The number of nitrogens with one attached hydrogen (secondary N) is 1. The summed E-state index contributed by atoms with van der Waals surface area (Å²) in [5.41, 5.74) is 1.02. The molecule has 4 aromatic rings. The fourth-order valence-electron chi connectivity index (χ4n) is 8.69. The van der Waals surface area contributed by atoms with Gasteiger partial charge in [-0.1, -0.05) is 12.1 Å². The van der Waals surface area contributed by atoms with Gasteiger partial charge < -0.3 is 28.8 Å². The third-order valence-electron chi connectivity index (χ3n) is 11.3. The Morgan fingerprint density at radius 3 is 2.33 bits per heavy atom. The van der Waals surface area contributed by atoms with Gasteiger partial charge in [-0.15, -0.1) is 0 Å². The monoisotopic (exact) mass is 740 g/mol. The van der Waals surface area contributed by atoms with Crippen LogP contribution in [-0.4, -0.2) is 72.8 Å². The second-order valence-corrected chi connectivity index (χ2v) is 18.1. The largest absolute Gasteiger partial charge is 0.444 e. The lowest BCUT2D eigenvalue weighted by Gasteiger charge is -2.28. The molecule has 0 spiro atoms. The van der Waals surface area contributed by atoms with Gasteiger partial charge in [0, 0.05) is 31.1 Å². The summed E-state index contributed by atoms with van der Waals surface area (Å²) >= 11 is 0. The van der Waals surface area contributed by atoms with Gasteiger partial charge in [-0.3, -0.25) is 9.59 Å². The molecule has 2 aromatic carbocycles. The lowest BCUT2D eigenvalue weighted by molar-refractivity contribution is -0.121. The Morgan fingerprint density at radius 2 is 1.67 bits per heavy atom. The van der Waals surface area contributed by atoms with E-state index >= 15 is 4.39 Å². The zero-order valence-electron chi connectivity index (χ0n) is 32.5. The minimum absolute atomic E-state index is 0.0865. The number of piperidine rings is 1. The molecule has 0 unspecified atom stereocenters. The van der Waals surface area contributed by atoms with E-state index in [0.29, 0.717) is 41.7 Å². The number of imide groups is 1. The van der Waals surface area contributed by atoms with E-state index in [1.165, 1.54) is 11.0 Å². The molecule has 2 saturated carbocycles. The molecule has 54 heavy (non-hydrogen) atoms. The Labute approximate surface area is 313 Å². The highest BCUT2D eigenvalue weighted by Crippen LogP contribution is 2.49. The van der Waals surface area contributed by atoms with Crippen LogP contribution in [0.4, 0.5) is 19.7 Å². The first kappa shape index (κ1) is 36.1. The molecular formula is C41H49FN6O6. The number of ether oxygens (including phenoxy) is 2. The predicted octanol–water partition coefficient (Wildman–Crippen LogP) is 7.43. The van der Waals surface area contributed by atoms with Crippen LogP contribution in [0.1, 0.15) is 97.0 Å². The molecule has 8 rings (SSSR count). The van der Waals surface area contributed by atoms with Crippen molar-refractivity contribution in [3.63, 3.8) is 0 Å². The quantitative estimate of drug-likeness (QED) is 0.226. The lowest BCUT2D eigenvalue weighted by Crippen LogP contribution is -2.46. The number of carbonyl (C=O) groups is 4. The molecule has 2 aliphatic carbocycles. The summed E-state index contributed by atoms with van der Waals surface area (Å²) in [5.74, 6) is -0.259. The summed E-state index contributed by atoms with van der Waals surface area (Å²) in [4.78, 5) is 62.2. The fraction of sp³-hybridized carbons (Fsp3) is 0.537. The number of aromatic nitrogens is 3. The van der Waals surface area contributed by atoms with Gasteiger partial charge in [0.1, 0.15) is 22.5 Å². The lowest BCUT2D eigenvalue weighted by atomic mass is 9.86. The summed E-state index contributed by atoms with van der Waals surface area (Å²) in [7, 11) is 1.75. The first-order valence-corrected chi connectivity index (χ1v) is 18.9. The van der Waals surface area contributed by atoms with Gasteiger partial charge in [0.05, 0.1) is 39.9 Å². The van der Waals surface area contributed by atoms with E-state index in [1.54, 1.807) is 64.1 Å². The van der Waals surface area contributed by atoms with Crippen molar-refractivity contribution in [2.75, 3.05) is 11.4 Å². The van der Waals surface area contributed by atoms with E-state index < -0.39 is 34.6 Å². The predicted molar refractivity (Wildman–Crippen MR) is 202 cm³/mol. The number of benzene rings is 2. The Balaban J connectivity index is 1.18. The molecule has 3 fully saturated rings. The molecule has 4 aliphatic rings. The third kappa shape index (κ3) is 5.90. The van der Waals surface area contributed by atoms with Crippen LogP contribution in [0.3, 0.4) is 0 Å². The number of amides is 4. The molecule has 0 radical (unpaired) electrons. The van der Waals surface area contributed by atoms with Gasteiger partial charge in [-0.2, -0.15) is 0 Å². The standard InChI is InChI=1S/C41H49FN6O6/c1-39(2,3)53-37(51)44-30-23-13-15-28(30)47(20-23)35(49)24-16-26(42)33-27(17-24)43-34(45(33)9)29-18-22-12-14-25-32(31(22)46(29)19-21-10-11-21)48(36(50)41(25,7)8)38(52)54-40(4,5)6/h12,14,16-18,21,23,28,30H,10-11,13,15,19-20H2,1-9H3,(H,44,51)/t23-,28-,30-/m1/s1. The minimum atomic E-state index is -0.972. The topological polar surface area (TPSA) is 128 Å². The Hall–Kier alpha value is -4.94. The zero-order valence-corrected chi connectivity index (χ0v) is 32.5. The Morgan fingerprint density at radius 1 is 0.963 bits per heavy atom. The SMILES string of the molecule is Cn1c(-c2cc3ccc4c(c3n2CC2CC2)N(C(=O)OC(C)(C)C)C(=O)C4(C)C)nc2cc(C(=O)N3C[C@H]4CC[C@@H]3[C@@H]4NC(=O)OC(C)(C)C)cc(F)c21. The van der Waals surface area contributed by atoms with E-state index in [0.717, 1.165) is 42.1 Å². The Kier molecular flexibility index (Phi) is 8.03. The first-order chi connectivity index (χ1) is 25.2. The van der Waals surface area contributed by atoms with Crippen LogP contribution in [0.25, 0.3) is 33.5 Å². The van der Waals surface area contributed by atoms with Crippen LogP contribution in [0, 0.1) is 17.7 Å². The summed E-state index contributed by atoms with van der Waals surface area (Å²) in [5, 5.41) is 3.79. The van der Waals surface area contributed by atoms with E-state index in [2.05, 4.69) is 9.88 Å². The van der Waals surface area contributed by atoms with Crippen molar-refractivity contribution in [3.8, 4) is 11.5 Å². The molecule has 2 bridgehead atoms. The second kappa shape index (κ2) is 12.0. The van der Waals surface area contributed by atoms with Crippen LogP contribution in [0.2, 0.25) is 0 Å². The first-order valence-electron chi connectivity index (χ1n) is 18.9. The molecule has 13 heteroatoms. The number of hydrogen-bond donors (Lipinski definition) is 1. The maximum Gasteiger partial charge on any atom is 0.421 e. The van der Waals surface area contributed by atoms with E-state index in [1.807, 2.05) is 32.0 Å². The summed E-state index contributed by atoms with van der Waals surface area (Å²) in [6.45, 7) is 15.4. The molecule has 4 heterocycles. The molecule has 12 nitrogen and oxygen atoms in total. The maximum absolute atomic E-state index is 16.2. The van der Waals surface area contributed by atoms with Crippen molar-refractivity contribution in [1.82, 2.24) is 24.3 Å². The van der Waals surface area contributed by atoms with Gasteiger partial charge in [-0.05, 0) is 117 Å². The van der Waals surface area contributed by atoms with Gasteiger partial charge in [0.2, 0.25) is 5.91 Å². The van der Waals surface area contributed by atoms with E-state index in [9.17, 15) is 19.2 Å². The van der Waals surface area contributed by atoms with Crippen LogP contribution < -0.4 is 10.2 Å². The minimum Gasteiger partial charge on any atom is -0.444 e. The van der Waals surface area contributed by atoms with Crippen molar-refractivity contribution < 1.29 is 33.0 Å². The van der Waals surface area contributed by atoms with Crippen LogP contribution in [0.5, 0.6) is 0 Å². The van der Waals surface area contributed by atoms with Gasteiger partial charge >= 0.3 is 12.2 Å². The maximum atomic E-state index is 16.2. The third-order valence-corrected chi connectivity index (χ3v) is 11.3. The number of imidazole rings is 1. The fourth-order valence-corrected chi connectivity index (χ4v) is 8.69. The number of fused-ring (bicyclic) bond motifs is 6. The van der Waals surface area contributed by atoms with Crippen molar-refractivity contribution >= 4 is 51.6 Å². The number of halogens is 1. The number of rotatable bonds is 5. The highest BCUT2D eigenvalue weighted by Gasteiger charge is 2.51. The van der Waals surface area contributed by atoms with Gasteiger partial charge in [-0.25, -0.2) is 23.9 Å². The number of likely N-dealkylation sites (tertiary alicyclic amines) is 1. The van der Waals surface area contributed by atoms with Crippen LogP contribution in [-0.2, 0) is 33.3 Å². The summed E-state index contributed by atoms with van der Waals surface area (Å²) in [6, 6.07) is 8.30. The highest BCUT2D eigenvalue weighted by atomic mass is 19.1. The van der Waals surface area contributed by atoms with Crippen molar-refractivity contribution in [3.05, 3.63) is 47.3 Å². The van der Waals surface area contributed by atoms with E-state index in [4.69, 9.17) is 14.5 Å². The normalized spacial score (nSPS) is 22.0. The number of hydrogen-bond acceptors (Lipinski definition) is 7. The highest BCUT2D eigenvalue weighted by molar-refractivity contribution is 6.25. The molecule has 4 amide bonds. The molecule has 2 aliphatic heterocycles. The summed E-state index contributed by atoms with van der Waals surface area (Å²) in [6.07, 6.45) is 2.47. The van der Waals surface area contributed by atoms with E-state index in [-0.39, 0.29) is 40.9 Å². The molecule has 3 atom stereocenters. The average molecular weight is 741 g/mol. The number of nitrogens with zero attached hydrogens (tertiary/aromatic N) is 5. The molecule has 1 N–H and O–H groups in total. The van der Waals surface area contributed by atoms with Crippen molar-refractivity contribution in [2.24, 2.45) is 18.9 Å². The Bertz CT molecular complexity index is 2270. The van der Waals surface area contributed by atoms with Crippen molar-refractivity contribution in [1.29, 1.82) is 0 Å². The molecule has 2 aromatic heterocycles. The van der Waals surface area contributed by atoms with Gasteiger partial charge in [0.25, 0.3) is 5.91 Å². The molecular weight excluding hydrogens is 691 g/mol. The smallest absolute Gasteiger partial charge is 0.421 e. The van der Waals surface area contributed by atoms with Crippen LogP contribution in [0.15, 0.2) is 30.3 Å². The second-order valence-electron chi connectivity index (χ2n) is 18.1. The number of alkyl carbamates (subject to hydrolysis) is 1. The number of carbonyl (C=O) groups excluding carboxylic acids is 4. The average Bonchev–Trinajstić information content (AvgIpc) is 3.27.